The Morgan fingerprint density at radius 3 is 2.41 bits per heavy atom. The molecule has 34 heavy (non-hydrogen) atoms. The van der Waals surface area contributed by atoms with Crippen molar-refractivity contribution in [2.24, 2.45) is 0 Å². The molecule has 0 aliphatic carbocycles. The molecular formula is C28H22N2O4. The fraction of sp³-hybridized carbons (Fsp3) is 0.0714. The van der Waals surface area contributed by atoms with E-state index in [9.17, 15) is 4.79 Å². The van der Waals surface area contributed by atoms with Gasteiger partial charge in [0.15, 0.2) is 5.82 Å². The minimum atomic E-state index is -0.308. The quantitative estimate of drug-likeness (QED) is 0.288. The van der Waals surface area contributed by atoms with Gasteiger partial charge in [0.2, 0.25) is 5.91 Å². The number of ether oxygens (including phenoxy) is 1. The molecule has 0 aliphatic heterocycles. The van der Waals surface area contributed by atoms with E-state index in [-0.39, 0.29) is 5.91 Å². The van der Waals surface area contributed by atoms with E-state index in [2.05, 4.69) is 46.9 Å². The minimum Gasteiger partial charge on any atom is -0.496 e. The number of carbonyl (C=O) groups excluding carboxylic acids is 1. The number of hydrogen-bond acceptors (Lipinski definition) is 5. The van der Waals surface area contributed by atoms with Crippen molar-refractivity contribution in [3.63, 3.8) is 0 Å². The fourth-order valence-electron chi connectivity index (χ4n) is 3.94. The molecule has 1 amide bonds. The molecule has 1 N–H and O–H groups in total. The van der Waals surface area contributed by atoms with Crippen molar-refractivity contribution in [3.05, 3.63) is 97.0 Å². The Morgan fingerprint density at radius 2 is 1.71 bits per heavy atom. The topological polar surface area (TPSA) is 77.5 Å². The number of methoxy groups -OCH3 is 1. The Bertz CT molecular complexity index is 1460. The van der Waals surface area contributed by atoms with Crippen molar-refractivity contribution in [1.29, 1.82) is 0 Å². The second-order valence-corrected chi connectivity index (χ2v) is 7.84. The van der Waals surface area contributed by atoms with Crippen LogP contribution >= 0.6 is 0 Å². The fourth-order valence-corrected chi connectivity index (χ4v) is 3.94. The van der Waals surface area contributed by atoms with Crippen molar-refractivity contribution in [1.82, 2.24) is 5.16 Å². The molecule has 0 saturated heterocycles. The van der Waals surface area contributed by atoms with Gasteiger partial charge in [-0.1, -0.05) is 59.8 Å². The van der Waals surface area contributed by atoms with Crippen LogP contribution in [0.2, 0.25) is 0 Å². The van der Waals surface area contributed by atoms with Crippen LogP contribution in [0.4, 0.5) is 5.82 Å². The van der Waals surface area contributed by atoms with E-state index in [0.717, 1.165) is 33.2 Å². The summed E-state index contributed by atoms with van der Waals surface area (Å²) in [6, 6.07) is 24.1. The van der Waals surface area contributed by atoms with Crippen molar-refractivity contribution in [3.8, 4) is 28.0 Å². The Hall–Kier alpha value is -4.58. The summed E-state index contributed by atoms with van der Waals surface area (Å²) in [5, 5.41) is 7.31. The maximum absolute atomic E-state index is 12.4. The SMILES string of the molecule is COc1cc2occ(-c3ccc(-c4ccccc4)cc3)c2cc1/C(C)=C/C(=O)Nc1ccon1. The van der Waals surface area contributed by atoms with Gasteiger partial charge in [0, 0.05) is 34.7 Å². The van der Waals surface area contributed by atoms with Crippen molar-refractivity contribution < 1.29 is 18.5 Å². The van der Waals surface area contributed by atoms with Gasteiger partial charge < -0.3 is 19.0 Å². The highest BCUT2D eigenvalue weighted by Crippen LogP contribution is 2.38. The molecule has 0 radical (unpaired) electrons. The average molecular weight is 450 g/mol. The standard InChI is InChI=1S/C28H22N2O4/c1-18(14-28(31)29-27-12-13-34-30-27)22-15-23-24(17-33-26(23)16-25(22)32-2)21-10-8-20(9-11-21)19-6-4-3-5-7-19/h3-17H,1-2H3,(H,29,30,31)/b18-14+. The highest BCUT2D eigenvalue weighted by molar-refractivity contribution is 6.05. The Labute approximate surface area is 196 Å². The summed E-state index contributed by atoms with van der Waals surface area (Å²) < 4.78 is 16.2. The van der Waals surface area contributed by atoms with Crippen LogP contribution < -0.4 is 10.1 Å². The summed E-state index contributed by atoms with van der Waals surface area (Å²) in [6.07, 6.45) is 4.66. The normalized spacial score (nSPS) is 11.5. The molecule has 5 aromatic rings. The Balaban J connectivity index is 1.50. The highest BCUT2D eigenvalue weighted by atomic mass is 16.5. The predicted molar refractivity (Wildman–Crippen MR) is 132 cm³/mol. The zero-order valence-corrected chi connectivity index (χ0v) is 18.7. The summed E-state index contributed by atoms with van der Waals surface area (Å²) in [6.45, 7) is 1.86. The van der Waals surface area contributed by atoms with E-state index in [1.54, 1.807) is 19.4 Å². The van der Waals surface area contributed by atoms with Crippen LogP contribution in [-0.4, -0.2) is 18.2 Å². The number of amides is 1. The average Bonchev–Trinajstić information content (AvgIpc) is 3.53. The molecule has 2 heterocycles. The number of rotatable bonds is 6. The number of anilines is 1. The van der Waals surface area contributed by atoms with Gasteiger partial charge in [-0.25, -0.2) is 0 Å². The maximum Gasteiger partial charge on any atom is 0.249 e. The monoisotopic (exact) mass is 450 g/mol. The van der Waals surface area contributed by atoms with Gasteiger partial charge in [-0.05, 0) is 35.3 Å². The lowest BCUT2D eigenvalue weighted by Gasteiger charge is -2.10. The molecule has 0 aliphatic rings. The van der Waals surface area contributed by atoms with Crippen LogP contribution in [0, 0.1) is 0 Å². The molecule has 6 heteroatoms. The first kappa shape index (κ1) is 21.3. The summed E-state index contributed by atoms with van der Waals surface area (Å²) in [5.41, 5.74) is 6.58. The molecule has 168 valence electrons. The van der Waals surface area contributed by atoms with E-state index < -0.39 is 0 Å². The lowest BCUT2D eigenvalue weighted by Crippen LogP contribution is -2.08. The Kier molecular flexibility index (Phi) is 5.70. The van der Waals surface area contributed by atoms with Crippen LogP contribution in [0.1, 0.15) is 12.5 Å². The van der Waals surface area contributed by atoms with Gasteiger partial charge in [-0.3, -0.25) is 4.79 Å². The van der Waals surface area contributed by atoms with Gasteiger partial charge in [0.25, 0.3) is 0 Å². The number of aromatic nitrogens is 1. The van der Waals surface area contributed by atoms with E-state index in [0.29, 0.717) is 17.2 Å². The van der Waals surface area contributed by atoms with E-state index in [1.165, 1.54) is 17.9 Å². The molecule has 2 aromatic heterocycles. The second-order valence-electron chi connectivity index (χ2n) is 7.84. The molecule has 0 bridgehead atoms. The number of furan rings is 1. The number of hydrogen-bond donors (Lipinski definition) is 1. The second kappa shape index (κ2) is 9.11. The van der Waals surface area contributed by atoms with Crippen molar-refractivity contribution in [2.75, 3.05) is 12.4 Å². The van der Waals surface area contributed by atoms with E-state index in [4.69, 9.17) is 13.7 Å². The van der Waals surface area contributed by atoms with Gasteiger partial charge in [0.05, 0.1) is 13.4 Å². The smallest absolute Gasteiger partial charge is 0.249 e. The summed E-state index contributed by atoms with van der Waals surface area (Å²) in [4.78, 5) is 12.4. The van der Waals surface area contributed by atoms with Crippen LogP contribution in [0.15, 0.2) is 100 Å². The summed E-state index contributed by atoms with van der Waals surface area (Å²) in [7, 11) is 1.60. The highest BCUT2D eigenvalue weighted by Gasteiger charge is 2.15. The number of fused-ring (bicyclic) bond motifs is 1. The third-order valence-electron chi connectivity index (χ3n) is 5.66. The molecule has 6 nitrogen and oxygen atoms in total. The molecule has 0 fully saturated rings. The molecule has 0 unspecified atom stereocenters. The molecule has 0 spiro atoms. The number of allylic oxidation sites excluding steroid dienone is 1. The van der Waals surface area contributed by atoms with Gasteiger partial charge >= 0.3 is 0 Å². The maximum atomic E-state index is 12.4. The molecule has 0 atom stereocenters. The first-order chi connectivity index (χ1) is 16.6. The molecule has 0 saturated carbocycles. The zero-order chi connectivity index (χ0) is 23.5. The Morgan fingerprint density at radius 1 is 0.971 bits per heavy atom. The number of nitrogens with one attached hydrogen (secondary N) is 1. The minimum absolute atomic E-state index is 0.308. The largest absolute Gasteiger partial charge is 0.496 e. The number of carbonyl (C=O) groups is 1. The lowest BCUT2D eigenvalue weighted by molar-refractivity contribution is -0.111. The third-order valence-corrected chi connectivity index (χ3v) is 5.66. The van der Waals surface area contributed by atoms with Crippen LogP contribution in [0.5, 0.6) is 5.75 Å². The predicted octanol–water partition coefficient (Wildman–Crippen LogP) is 6.81. The number of benzene rings is 3. The van der Waals surface area contributed by atoms with Gasteiger partial charge in [-0.2, -0.15) is 0 Å². The molecule has 3 aromatic carbocycles. The number of nitrogens with zero attached hydrogens (tertiary/aromatic N) is 1. The third kappa shape index (κ3) is 4.21. The zero-order valence-electron chi connectivity index (χ0n) is 18.7. The van der Waals surface area contributed by atoms with Crippen LogP contribution in [0.25, 0.3) is 38.8 Å². The summed E-state index contributed by atoms with van der Waals surface area (Å²) in [5.74, 6) is 0.667. The van der Waals surface area contributed by atoms with Gasteiger partial charge in [0.1, 0.15) is 17.6 Å². The van der Waals surface area contributed by atoms with Gasteiger partial charge in [-0.15, -0.1) is 0 Å². The first-order valence-electron chi connectivity index (χ1n) is 10.8. The van der Waals surface area contributed by atoms with Crippen molar-refractivity contribution >= 4 is 28.3 Å². The first-order valence-corrected chi connectivity index (χ1v) is 10.8. The van der Waals surface area contributed by atoms with E-state index >= 15 is 0 Å². The summed E-state index contributed by atoms with van der Waals surface area (Å²) >= 11 is 0. The lowest BCUT2D eigenvalue weighted by atomic mass is 9.97. The van der Waals surface area contributed by atoms with Crippen molar-refractivity contribution in [2.45, 2.75) is 6.92 Å². The van der Waals surface area contributed by atoms with E-state index in [1.807, 2.05) is 37.3 Å². The molecular weight excluding hydrogens is 428 g/mol. The van der Waals surface area contributed by atoms with Crippen LogP contribution in [0.3, 0.4) is 0 Å². The molecule has 5 rings (SSSR count). The van der Waals surface area contributed by atoms with Crippen LogP contribution in [-0.2, 0) is 4.79 Å².